The van der Waals surface area contributed by atoms with Gasteiger partial charge >= 0.3 is 0 Å². The molecule has 0 N–H and O–H groups in total. The summed E-state index contributed by atoms with van der Waals surface area (Å²) in [6.07, 6.45) is 0. The SMILES string of the molecule is COc1cccc(-c2cc(CS)c(=O)n(C)n2)c1. The summed E-state index contributed by atoms with van der Waals surface area (Å²) in [5.74, 6) is 1.15. The van der Waals surface area contributed by atoms with E-state index in [1.165, 1.54) is 4.68 Å². The van der Waals surface area contributed by atoms with Gasteiger partial charge < -0.3 is 4.74 Å². The standard InChI is InChI=1S/C13H14N2O2S/c1-15-13(16)10(8-18)7-12(14-15)9-4-3-5-11(6-9)17-2/h3-7,18H,8H2,1-2H3. The molecule has 0 saturated carbocycles. The third-order valence-corrected chi connectivity index (χ3v) is 3.01. The number of thiol groups is 1. The van der Waals surface area contributed by atoms with E-state index >= 15 is 0 Å². The zero-order chi connectivity index (χ0) is 13.1. The molecule has 5 heteroatoms. The second-order valence-corrected chi connectivity index (χ2v) is 4.19. The van der Waals surface area contributed by atoms with E-state index in [9.17, 15) is 4.79 Å². The van der Waals surface area contributed by atoms with Crippen LogP contribution in [-0.2, 0) is 12.8 Å². The highest BCUT2D eigenvalue weighted by Gasteiger charge is 2.07. The van der Waals surface area contributed by atoms with Crippen LogP contribution in [0.25, 0.3) is 11.3 Å². The molecule has 0 atom stereocenters. The van der Waals surface area contributed by atoms with Crippen molar-refractivity contribution in [2.75, 3.05) is 7.11 Å². The van der Waals surface area contributed by atoms with Gasteiger partial charge in [-0.05, 0) is 18.2 Å². The molecule has 94 valence electrons. The highest BCUT2D eigenvalue weighted by Crippen LogP contribution is 2.22. The Labute approximate surface area is 111 Å². The van der Waals surface area contributed by atoms with Crippen LogP contribution in [-0.4, -0.2) is 16.9 Å². The van der Waals surface area contributed by atoms with Crippen LogP contribution in [0.2, 0.25) is 0 Å². The molecule has 0 amide bonds. The maximum atomic E-state index is 11.7. The number of aryl methyl sites for hydroxylation is 1. The topological polar surface area (TPSA) is 44.1 Å². The molecule has 0 fully saturated rings. The Kier molecular flexibility index (Phi) is 3.72. The Morgan fingerprint density at radius 2 is 2.17 bits per heavy atom. The Morgan fingerprint density at radius 3 is 2.83 bits per heavy atom. The second kappa shape index (κ2) is 5.27. The average molecular weight is 262 g/mol. The molecule has 0 unspecified atom stereocenters. The van der Waals surface area contributed by atoms with Gasteiger partial charge in [0, 0.05) is 23.9 Å². The zero-order valence-corrected chi connectivity index (χ0v) is 11.1. The lowest BCUT2D eigenvalue weighted by molar-refractivity contribution is 0.415. The van der Waals surface area contributed by atoms with E-state index in [1.807, 2.05) is 24.3 Å². The number of aromatic nitrogens is 2. The predicted octanol–water partition coefficient (Wildman–Crippen LogP) is 1.89. The van der Waals surface area contributed by atoms with Crippen molar-refractivity contribution in [3.05, 3.63) is 46.2 Å². The van der Waals surface area contributed by atoms with Crippen LogP contribution in [0.3, 0.4) is 0 Å². The predicted molar refractivity (Wildman–Crippen MR) is 74.2 cm³/mol. The number of nitrogens with zero attached hydrogens (tertiary/aromatic N) is 2. The lowest BCUT2D eigenvalue weighted by Crippen LogP contribution is -2.23. The van der Waals surface area contributed by atoms with Crippen molar-refractivity contribution in [1.29, 1.82) is 0 Å². The van der Waals surface area contributed by atoms with Gasteiger partial charge in [-0.15, -0.1) is 0 Å². The van der Waals surface area contributed by atoms with E-state index < -0.39 is 0 Å². The molecule has 0 aliphatic heterocycles. The van der Waals surface area contributed by atoms with Crippen molar-refractivity contribution in [1.82, 2.24) is 9.78 Å². The zero-order valence-electron chi connectivity index (χ0n) is 10.3. The van der Waals surface area contributed by atoms with Gasteiger partial charge in [-0.3, -0.25) is 4.79 Å². The van der Waals surface area contributed by atoms with Gasteiger partial charge in [0.25, 0.3) is 5.56 Å². The Hall–Kier alpha value is -1.75. The fraction of sp³-hybridized carbons (Fsp3) is 0.231. The highest BCUT2D eigenvalue weighted by atomic mass is 32.1. The summed E-state index contributed by atoms with van der Waals surface area (Å²) in [5, 5.41) is 4.24. The lowest BCUT2D eigenvalue weighted by atomic mass is 10.1. The summed E-state index contributed by atoms with van der Waals surface area (Å²) in [5.41, 5.74) is 2.17. The van der Waals surface area contributed by atoms with Crippen molar-refractivity contribution in [3.8, 4) is 17.0 Å². The van der Waals surface area contributed by atoms with Crippen molar-refractivity contribution in [2.45, 2.75) is 5.75 Å². The number of benzene rings is 1. The molecule has 2 aromatic rings. The molecule has 0 radical (unpaired) electrons. The maximum absolute atomic E-state index is 11.7. The van der Waals surface area contributed by atoms with Crippen molar-refractivity contribution < 1.29 is 4.74 Å². The molecule has 4 nitrogen and oxygen atoms in total. The first-order valence-electron chi connectivity index (χ1n) is 5.48. The fourth-order valence-corrected chi connectivity index (χ4v) is 1.93. The monoisotopic (exact) mass is 262 g/mol. The number of hydrogen-bond acceptors (Lipinski definition) is 4. The van der Waals surface area contributed by atoms with Crippen molar-refractivity contribution >= 4 is 12.6 Å². The first-order chi connectivity index (χ1) is 8.65. The number of hydrogen-bond donors (Lipinski definition) is 1. The molecule has 2 rings (SSSR count). The largest absolute Gasteiger partial charge is 0.497 e. The minimum atomic E-state index is -0.114. The number of rotatable bonds is 3. The molecule has 1 aromatic heterocycles. The van der Waals surface area contributed by atoms with Crippen molar-refractivity contribution in [3.63, 3.8) is 0 Å². The van der Waals surface area contributed by atoms with Gasteiger partial charge in [-0.25, -0.2) is 4.68 Å². The Balaban J connectivity index is 2.56. The maximum Gasteiger partial charge on any atom is 0.270 e. The van der Waals surface area contributed by atoms with Crippen LogP contribution in [0.1, 0.15) is 5.56 Å². The molecule has 0 aliphatic carbocycles. The van der Waals surface area contributed by atoms with Crippen molar-refractivity contribution in [2.24, 2.45) is 7.05 Å². The van der Waals surface area contributed by atoms with E-state index in [0.717, 1.165) is 17.0 Å². The second-order valence-electron chi connectivity index (χ2n) is 3.87. The normalized spacial score (nSPS) is 10.4. The first-order valence-corrected chi connectivity index (χ1v) is 6.11. The summed E-state index contributed by atoms with van der Waals surface area (Å²) in [6.45, 7) is 0. The minimum Gasteiger partial charge on any atom is -0.497 e. The average Bonchev–Trinajstić information content (AvgIpc) is 2.41. The van der Waals surface area contributed by atoms with Crippen LogP contribution in [0.4, 0.5) is 0 Å². The van der Waals surface area contributed by atoms with Gasteiger partial charge in [0.05, 0.1) is 12.8 Å². The minimum absolute atomic E-state index is 0.114. The summed E-state index contributed by atoms with van der Waals surface area (Å²) < 4.78 is 6.51. The fourth-order valence-electron chi connectivity index (χ4n) is 1.71. The highest BCUT2D eigenvalue weighted by molar-refractivity contribution is 7.79. The summed E-state index contributed by atoms with van der Waals surface area (Å²) in [6, 6.07) is 9.34. The van der Waals surface area contributed by atoms with Crippen LogP contribution in [0.5, 0.6) is 5.75 Å². The van der Waals surface area contributed by atoms with Crippen LogP contribution in [0.15, 0.2) is 35.1 Å². The molecule has 0 bridgehead atoms. The van der Waals surface area contributed by atoms with Gasteiger partial charge in [-0.1, -0.05) is 12.1 Å². The lowest BCUT2D eigenvalue weighted by Gasteiger charge is -2.07. The third-order valence-electron chi connectivity index (χ3n) is 2.67. The Bertz CT molecular complexity index is 623. The molecule has 0 aliphatic rings. The van der Waals surface area contributed by atoms with Crippen LogP contribution >= 0.6 is 12.6 Å². The Morgan fingerprint density at radius 1 is 1.39 bits per heavy atom. The van der Waals surface area contributed by atoms with Crippen LogP contribution in [0, 0.1) is 0 Å². The summed E-state index contributed by atoms with van der Waals surface area (Å²) in [4.78, 5) is 11.7. The van der Waals surface area contributed by atoms with Gasteiger partial charge in [0.15, 0.2) is 0 Å². The third kappa shape index (κ3) is 2.41. The molecule has 0 saturated heterocycles. The molecule has 18 heavy (non-hydrogen) atoms. The summed E-state index contributed by atoms with van der Waals surface area (Å²) >= 11 is 4.16. The summed E-state index contributed by atoms with van der Waals surface area (Å²) in [7, 11) is 3.26. The van der Waals surface area contributed by atoms with Gasteiger partial charge in [-0.2, -0.15) is 17.7 Å². The van der Waals surface area contributed by atoms with E-state index in [2.05, 4.69) is 17.7 Å². The smallest absolute Gasteiger partial charge is 0.270 e. The molecule has 1 aromatic carbocycles. The molecular formula is C13H14N2O2S. The molecule has 1 heterocycles. The van der Waals surface area contributed by atoms with Crippen LogP contribution < -0.4 is 10.3 Å². The quantitative estimate of drug-likeness (QED) is 0.859. The number of ether oxygens (including phenoxy) is 1. The molecule has 0 spiro atoms. The van der Waals surface area contributed by atoms with E-state index in [0.29, 0.717) is 11.3 Å². The molecular weight excluding hydrogens is 248 g/mol. The van der Waals surface area contributed by atoms with E-state index in [4.69, 9.17) is 4.74 Å². The van der Waals surface area contributed by atoms with Gasteiger partial charge in [0.2, 0.25) is 0 Å². The van der Waals surface area contributed by atoms with E-state index in [1.54, 1.807) is 20.2 Å². The van der Waals surface area contributed by atoms with E-state index in [-0.39, 0.29) is 5.56 Å². The number of methoxy groups -OCH3 is 1. The van der Waals surface area contributed by atoms with Gasteiger partial charge in [0.1, 0.15) is 5.75 Å². The first kappa shape index (κ1) is 12.7.